The van der Waals surface area contributed by atoms with Crippen LogP contribution in [0, 0.1) is 23.2 Å². The molecule has 0 spiro atoms. The molecule has 3 aliphatic carbocycles. The molecular formula is C20H26F2O2. The molecule has 0 radical (unpaired) electrons. The number of fused-ring (bicyclic) bond motifs is 5. The van der Waals surface area contributed by atoms with Gasteiger partial charge in [-0.15, -0.1) is 0 Å². The zero-order valence-corrected chi connectivity index (χ0v) is 14.4. The Morgan fingerprint density at radius 1 is 1.21 bits per heavy atom. The van der Waals surface area contributed by atoms with Gasteiger partial charge in [0, 0.05) is 5.92 Å². The van der Waals surface area contributed by atoms with Gasteiger partial charge in [0.05, 0.1) is 7.11 Å². The number of phenolic OH excluding ortho intramolecular Hbond substituents is 1. The Balaban J connectivity index is 1.69. The fourth-order valence-corrected chi connectivity index (χ4v) is 6.21. The van der Waals surface area contributed by atoms with Gasteiger partial charge in [0.15, 0.2) is 11.5 Å². The van der Waals surface area contributed by atoms with Crippen molar-refractivity contribution in [3.05, 3.63) is 23.3 Å². The Morgan fingerprint density at radius 2 is 2.00 bits per heavy atom. The third-order valence-corrected chi connectivity index (χ3v) is 7.40. The monoisotopic (exact) mass is 336 g/mol. The second-order valence-corrected chi connectivity index (χ2v) is 8.20. The van der Waals surface area contributed by atoms with Crippen LogP contribution in [-0.4, -0.2) is 18.6 Å². The van der Waals surface area contributed by atoms with Gasteiger partial charge in [-0.1, -0.05) is 6.92 Å². The van der Waals surface area contributed by atoms with Crippen molar-refractivity contribution in [2.45, 2.75) is 57.8 Å². The van der Waals surface area contributed by atoms with Crippen LogP contribution in [-0.2, 0) is 6.42 Å². The zero-order chi connectivity index (χ0) is 17.1. The number of methoxy groups -OCH3 is 1. The molecule has 1 aromatic carbocycles. The summed E-state index contributed by atoms with van der Waals surface area (Å²) in [5, 5.41) is 10.0. The van der Waals surface area contributed by atoms with Crippen molar-refractivity contribution in [2.24, 2.45) is 23.2 Å². The Bertz CT molecular complexity index is 645. The molecule has 0 unspecified atom stereocenters. The topological polar surface area (TPSA) is 29.5 Å². The third kappa shape index (κ3) is 2.18. The predicted molar refractivity (Wildman–Crippen MR) is 88.8 cm³/mol. The fraction of sp³-hybridized carbons (Fsp3) is 0.700. The summed E-state index contributed by atoms with van der Waals surface area (Å²) in [7, 11) is 1.57. The van der Waals surface area contributed by atoms with Crippen molar-refractivity contribution >= 4 is 0 Å². The maximum absolute atomic E-state index is 13.5. The second-order valence-electron chi connectivity index (χ2n) is 8.20. The SMILES string of the molecule is COc1cc2c(cc1O)CC[C@@H]1[C@@H]2CC[C@]2(C)[C@@H](C(F)F)CC[C@@H]12. The quantitative estimate of drug-likeness (QED) is 0.810. The van der Waals surface area contributed by atoms with Gasteiger partial charge in [-0.25, -0.2) is 8.78 Å². The van der Waals surface area contributed by atoms with E-state index < -0.39 is 12.3 Å². The fourth-order valence-electron chi connectivity index (χ4n) is 6.21. The predicted octanol–water partition coefficient (Wildman–Crippen LogP) is 5.14. The number of hydrogen-bond donors (Lipinski definition) is 1. The molecule has 2 saturated carbocycles. The first kappa shape index (κ1) is 16.2. The molecule has 2 nitrogen and oxygen atoms in total. The van der Waals surface area contributed by atoms with Gasteiger partial charge in [0.1, 0.15) is 0 Å². The Hall–Kier alpha value is -1.32. The molecule has 0 bridgehead atoms. The lowest BCUT2D eigenvalue weighted by Gasteiger charge is -2.51. The van der Waals surface area contributed by atoms with Crippen molar-refractivity contribution in [2.75, 3.05) is 7.11 Å². The van der Waals surface area contributed by atoms with Crippen LogP contribution in [0.4, 0.5) is 8.78 Å². The summed E-state index contributed by atoms with van der Waals surface area (Å²) in [6.45, 7) is 2.12. The number of ether oxygens (including phenoxy) is 1. The smallest absolute Gasteiger partial charge is 0.241 e. The van der Waals surface area contributed by atoms with E-state index in [4.69, 9.17) is 4.74 Å². The van der Waals surface area contributed by atoms with E-state index in [1.807, 2.05) is 12.1 Å². The third-order valence-electron chi connectivity index (χ3n) is 7.40. The summed E-state index contributed by atoms with van der Waals surface area (Å²) in [6.07, 6.45) is 3.27. The first-order valence-electron chi connectivity index (χ1n) is 9.13. The second kappa shape index (κ2) is 5.60. The number of halogens is 2. The molecular weight excluding hydrogens is 310 g/mol. The standard InChI is InChI=1S/C20H26F2O2/c1-20-8-7-12-13(15(20)5-6-16(20)19(21)22)4-3-11-9-17(23)18(24-2)10-14(11)12/h9-10,12-13,15-16,19,23H,3-8H2,1-2H3/t12-,13+,15-,16+,20-/m0/s1. The van der Waals surface area contributed by atoms with Crippen LogP contribution in [0.25, 0.3) is 0 Å². The maximum atomic E-state index is 13.5. The molecule has 0 heterocycles. The van der Waals surface area contributed by atoms with Gasteiger partial charge in [0.25, 0.3) is 0 Å². The number of benzene rings is 1. The number of hydrogen-bond acceptors (Lipinski definition) is 2. The van der Waals surface area contributed by atoms with Gasteiger partial charge in [-0.2, -0.15) is 0 Å². The highest BCUT2D eigenvalue weighted by Gasteiger charge is 2.56. The van der Waals surface area contributed by atoms with E-state index in [1.165, 1.54) is 11.1 Å². The van der Waals surface area contributed by atoms with Crippen LogP contribution < -0.4 is 4.74 Å². The van der Waals surface area contributed by atoms with Crippen molar-refractivity contribution in [3.63, 3.8) is 0 Å². The van der Waals surface area contributed by atoms with Crippen LogP contribution in [0.3, 0.4) is 0 Å². The molecule has 132 valence electrons. The van der Waals surface area contributed by atoms with E-state index in [9.17, 15) is 13.9 Å². The lowest BCUT2D eigenvalue weighted by molar-refractivity contribution is -0.0390. The maximum Gasteiger partial charge on any atom is 0.241 e. The summed E-state index contributed by atoms with van der Waals surface area (Å²) in [6, 6.07) is 3.83. The van der Waals surface area contributed by atoms with E-state index in [1.54, 1.807) is 7.11 Å². The van der Waals surface area contributed by atoms with E-state index in [2.05, 4.69) is 6.92 Å². The number of aromatic hydroxyl groups is 1. The van der Waals surface area contributed by atoms with Gasteiger partial charge < -0.3 is 9.84 Å². The molecule has 4 rings (SSSR count). The Kier molecular flexibility index (Phi) is 3.77. The molecule has 3 aliphatic rings. The van der Waals surface area contributed by atoms with Crippen molar-refractivity contribution < 1.29 is 18.6 Å². The minimum absolute atomic E-state index is 0.201. The van der Waals surface area contributed by atoms with E-state index in [-0.39, 0.29) is 11.2 Å². The van der Waals surface area contributed by atoms with Crippen LogP contribution in [0.15, 0.2) is 12.1 Å². The van der Waals surface area contributed by atoms with Crippen LogP contribution in [0.5, 0.6) is 11.5 Å². The van der Waals surface area contributed by atoms with E-state index >= 15 is 0 Å². The normalized spacial score (nSPS) is 37.7. The van der Waals surface area contributed by atoms with Crippen LogP contribution in [0.1, 0.15) is 56.1 Å². The minimum atomic E-state index is -2.19. The Morgan fingerprint density at radius 3 is 2.71 bits per heavy atom. The molecule has 0 aromatic heterocycles. The largest absolute Gasteiger partial charge is 0.504 e. The molecule has 0 aliphatic heterocycles. The lowest BCUT2D eigenvalue weighted by atomic mass is 9.54. The summed E-state index contributed by atoms with van der Waals surface area (Å²) < 4.78 is 32.3. The first-order chi connectivity index (χ1) is 11.5. The number of rotatable bonds is 2. The summed E-state index contributed by atoms with van der Waals surface area (Å²) >= 11 is 0. The molecule has 24 heavy (non-hydrogen) atoms. The van der Waals surface area contributed by atoms with Gasteiger partial charge in [-0.3, -0.25) is 0 Å². The average molecular weight is 336 g/mol. The number of phenols is 1. The molecule has 1 N–H and O–H groups in total. The van der Waals surface area contributed by atoms with Crippen LogP contribution in [0.2, 0.25) is 0 Å². The molecule has 5 atom stereocenters. The molecule has 2 fully saturated rings. The summed E-state index contributed by atoms with van der Waals surface area (Å²) in [5.74, 6) is 1.63. The first-order valence-corrected chi connectivity index (χ1v) is 9.13. The highest BCUT2D eigenvalue weighted by molar-refractivity contribution is 5.49. The minimum Gasteiger partial charge on any atom is -0.504 e. The van der Waals surface area contributed by atoms with Crippen molar-refractivity contribution in [1.82, 2.24) is 0 Å². The number of aryl methyl sites for hydroxylation is 1. The highest BCUT2D eigenvalue weighted by Crippen LogP contribution is 2.64. The number of alkyl halides is 2. The molecule has 4 heteroatoms. The van der Waals surface area contributed by atoms with Crippen LogP contribution >= 0.6 is 0 Å². The highest BCUT2D eigenvalue weighted by atomic mass is 19.3. The van der Waals surface area contributed by atoms with Gasteiger partial charge >= 0.3 is 0 Å². The van der Waals surface area contributed by atoms with E-state index in [0.717, 1.165) is 32.1 Å². The molecule has 0 amide bonds. The Labute approximate surface area is 142 Å². The van der Waals surface area contributed by atoms with Gasteiger partial charge in [0.2, 0.25) is 6.43 Å². The molecule has 1 aromatic rings. The summed E-state index contributed by atoms with van der Waals surface area (Å²) in [5.41, 5.74) is 2.29. The van der Waals surface area contributed by atoms with Crippen molar-refractivity contribution in [3.8, 4) is 11.5 Å². The summed E-state index contributed by atoms with van der Waals surface area (Å²) in [4.78, 5) is 0. The molecule has 0 saturated heterocycles. The zero-order valence-electron chi connectivity index (χ0n) is 14.4. The lowest BCUT2D eigenvalue weighted by Crippen LogP contribution is -2.43. The van der Waals surface area contributed by atoms with Gasteiger partial charge in [-0.05, 0) is 85.0 Å². The van der Waals surface area contributed by atoms with Crippen molar-refractivity contribution in [1.29, 1.82) is 0 Å². The van der Waals surface area contributed by atoms with E-state index in [0.29, 0.717) is 29.9 Å². The average Bonchev–Trinajstić information content (AvgIpc) is 2.91.